The summed E-state index contributed by atoms with van der Waals surface area (Å²) in [6, 6.07) is 2.13. The first kappa shape index (κ1) is 14.5. The number of hydrogen-bond donors (Lipinski definition) is 1. The van der Waals surface area contributed by atoms with Crippen molar-refractivity contribution in [1.82, 2.24) is 19.6 Å². The summed E-state index contributed by atoms with van der Waals surface area (Å²) in [7, 11) is 0. The molecule has 1 fully saturated rings. The van der Waals surface area contributed by atoms with Crippen LogP contribution in [0.3, 0.4) is 0 Å². The van der Waals surface area contributed by atoms with Crippen molar-refractivity contribution < 1.29 is 9.90 Å². The number of aliphatic hydroxyl groups is 1. The van der Waals surface area contributed by atoms with Gasteiger partial charge in [-0.05, 0) is 12.0 Å². The van der Waals surface area contributed by atoms with Crippen molar-refractivity contribution in [3.8, 4) is 0 Å². The van der Waals surface area contributed by atoms with Crippen LogP contribution in [0, 0.1) is 0 Å². The van der Waals surface area contributed by atoms with Gasteiger partial charge in [-0.1, -0.05) is 13.8 Å². The van der Waals surface area contributed by atoms with Crippen molar-refractivity contribution in [1.29, 1.82) is 0 Å². The molecule has 116 valence electrons. The number of β-amino-alcohol motifs (C(OH)–C–C–N with tert-alkyl or cyclic N) is 1. The largest absolute Gasteiger partial charge is 0.390 e. The fourth-order valence-electron chi connectivity index (χ4n) is 2.92. The number of aliphatic hydroxyl groups excluding tert-OH is 1. The number of carbonyl (C=O) groups is 1. The molecule has 0 aromatic carbocycles. The van der Waals surface area contributed by atoms with Crippen LogP contribution in [0.25, 0.3) is 0 Å². The van der Waals surface area contributed by atoms with E-state index in [1.54, 1.807) is 0 Å². The van der Waals surface area contributed by atoms with Crippen molar-refractivity contribution in [2.75, 3.05) is 32.7 Å². The molecule has 3 heterocycles. The Morgan fingerprint density at radius 1 is 1.38 bits per heavy atom. The first-order chi connectivity index (χ1) is 10.0. The zero-order chi connectivity index (χ0) is 15.0. The van der Waals surface area contributed by atoms with Crippen molar-refractivity contribution in [3.63, 3.8) is 0 Å². The highest BCUT2D eigenvalue weighted by Crippen LogP contribution is 2.17. The monoisotopic (exact) mass is 292 g/mol. The van der Waals surface area contributed by atoms with Crippen LogP contribution in [-0.2, 0) is 17.8 Å². The normalized spacial score (nSPS) is 20.6. The Balaban J connectivity index is 1.58. The Morgan fingerprint density at radius 3 is 2.81 bits per heavy atom. The predicted molar refractivity (Wildman–Crippen MR) is 79.0 cm³/mol. The second-order valence-corrected chi connectivity index (χ2v) is 6.42. The van der Waals surface area contributed by atoms with Crippen molar-refractivity contribution in [3.05, 3.63) is 17.5 Å². The SMILES string of the molecule is CC(C)c1cc2n(n1)CC(=O)N(CCN1CC(O)C1)CC2. The lowest BCUT2D eigenvalue weighted by Crippen LogP contribution is -2.53. The van der Waals surface area contributed by atoms with Gasteiger partial charge in [0, 0.05) is 44.8 Å². The molecule has 3 rings (SSSR count). The quantitative estimate of drug-likeness (QED) is 0.853. The molecule has 1 aromatic heterocycles. The van der Waals surface area contributed by atoms with Crippen LogP contribution in [0.5, 0.6) is 0 Å². The Morgan fingerprint density at radius 2 is 2.14 bits per heavy atom. The molecule has 0 aliphatic carbocycles. The third kappa shape index (κ3) is 3.11. The van der Waals surface area contributed by atoms with Gasteiger partial charge in [-0.3, -0.25) is 14.4 Å². The number of nitrogens with zero attached hydrogens (tertiary/aromatic N) is 4. The van der Waals surface area contributed by atoms with Gasteiger partial charge < -0.3 is 10.0 Å². The fraction of sp³-hybridized carbons (Fsp3) is 0.733. The molecule has 6 heteroatoms. The van der Waals surface area contributed by atoms with E-state index in [9.17, 15) is 9.90 Å². The number of aromatic nitrogens is 2. The maximum absolute atomic E-state index is 12.3. The van der Waals surface area contributed by atoms with Gasteiger partial charge in [-0.2, -0.15) is 5.10 Å². The zero-order valence-corrected chi connectivity index (χ0v) is 12.8. The van der Waals surface area contributed by atoms with Crippen molar-refractivity contribution in [2.24, 2.45) is 0 Å². The molecule has 0 saturated carbocycles. The molecule has 2 aliphatic rings. The van der Waals surface area contributed by atoms with Gasteiger partial charge in [-0.15, -0.1) is 0 Å². The number of likely N-dealkylation sites (tertiary alicyclic amines) is 1. The van der Waals surface area contributed by atoms with E-state index in [1.807, 2.05) is 9.58 Å². The number of fused-ring (bicyclic) bond motifs is 1. The molecule has 1 aromatic rings. The molecule has 2 aliphatic heterocycles. The molecule has 0 unspecified atom stereocenters. The summed E-state index contributed by atoms with van der Waals surface area (Å²) >= 11 is 0. The molecule has 6 nitrogen and oxygen atoms in total. The van der Waals surface area contributed by atoms with E-state index in [-0.39, 0.29) is 12.0 Å². The molecule has 1 saturated heterocycles. The average molecular weight is 292 g/mol. The van der Waals surface area contributed by atoms with Gasteiger partial charge in [0.2, 0.25) is 5.91 Å². The summed E-state index contributed by atoms with van der Waals surface area (Å²) in [5.41, 5.74) is 2.23. The number of amides is 1. The highest BCUT2D eigenvalue weighted by atomic mass is 16.3. The lowest BCUT2D eigenvalue weighted by Gasteiger charge is -2.37. The topological polar surface area (TPSA) is 61.6 Å². The summed E-state index contributed by atoms with van der Waals surface area (Å²) in [5.74, 6) is 0.543. The van der Waals surface area contributed by atoms with E-state index in [1.165, 1.54) is 0 Å². The molecule has 0 bridgehead atoms. The minimum Gasteiger partial charge on any atom is -0.390 e. The van der Waals surface area contributed by atoms with Gasteiger partial charge in [0.15, 0.2) is 0 Å². The molecule has 0 atom stereocenters. The summed E-state index contributed by atoms with van der Waals surface area (Å²) < 4.78 is 1.87. The lowest BCUT2D eigenvalue weighted by molar-refractivity contribution is -0.132. The third-order valence-corrected chi connectivity index (χ3v) is 4.37. The standard InChI is InChI=1S/C15H24N4O2/c1-11(2)14-7-12-3-4-18(15(21)10-19(12)16-14)6-5-17-8-13(20)9-17/h7,11,13,20H,3-6,8-10H2,1-2H3. The molecule has 1 amide bonds. The highest BCUT2D eigenvalue weighted by molar-refractivity contribution is 5.76. The lowest BCUT2D eigenvalue weighted by atomic mass is 10.1. The summed E-state index contributed by atoms with van der Waals surface area (Å²) in [5, 5.41) is 13.8. The third-order valence-electron chi connectivity index (χ3n) is 4.37. The van der Waals surface area contributed by atoms with Crippen LogP contribution in [0.15, 0.2) is 6.07 Å². The molecule has 0 spiro atoms. The fourth-order valence-corrected chi connectivity index (χ4v) is 2.92. The zero-order valence-electron chi connectivity index (χ0n) is 12.8. The number of rotatable bonds is 4. The summed E-state index contributed by atoms with van der Waals surface area (Å²) in [4.78, 5) is 16.4. The van der Waals surface area contributed by atoms with Crippen molar-refractivity contribution in [2.45, 2.75) is 38.8 Å². The number of carbonyl (C=O) groups excluding carboxylic acids is 1. The molecule has 1 N–H and O–H groups in total. The van der Waals surface area contributed by atoms with E-state index in [0.717, 1.165) is 50.5 Å². The number of hydrogen-bond acceptors (Lipinski definition) is 4. The average Bonchev–Trinajstić information content (AvgIpc) is 2.73. The second-order valence-electron chi connectivity index (χ2n) is 6.42. The van der Waals surface area contributed by atoms with E-state index in [4.69, 9.17) is 0 Å². The van der Waals surface area contributed by atoms with Gasteiger partial charge in [0.25, 0.3) is 0 Å². The first-order valence-electron chi connectivity index (χ1n) is 7.77. The molecule has 21 heavy (non-hydrogen) atoms. The second kappa shape index (κ2) is 5.77. The Bertz CT molecular complexity index is 520. The minimum absolute atomic E-state index is 0.147. The van der Waals surface area contributed by atoms with Gasteiger partial charge in [0.1, 0.15) is 6.54 Å². The van der Waals surface area contributed by atoms with Gasteiger partial charge >= 0.3 is 0 Å². The van der Waals surface area contributed by atoms with E-state index >= 15 is 0 Å². The summed E-state index contributed by atoms with van der Waals surface area (Å²) in [6.45, 7) is 8.43. The van der Waals surface area contributed by atoms with Gasteiger partial charge in [-0.25, -0.2) is 0 Å². The van der Waals surface area contributed by atoms with Gasteiger partial charge in [0.05, 0.1) is 11.8 Å². The summed E-state index contributed by atoms with van der Waals surface area (Å²) in [6.07, 6.45) is 0.693. The molecular weight excluding hydrogens is 268 g/mol. The smallest absolute Gasteiger partial charge is 0.244 e. The maximum atomic E-state index is 12.3. The van der Waals surface area contributed by atoms with E-state index in [2.05, 4.69) is 29.9 Å². The maximum Gasteiger partial charge on any atom is 0.244 e. The van der Waals surface area contributed by atoms with Crippen LogP contribution in [0.2, 0.25) is 0 Å². The minimum atomic E-state index is -0.177. The van der Waals surface area contributed by atoms with E-state index in [0.29, 0.717) is 12.5 Å². The van der Waals surface area contributed by atoms with Crippen LogP contribution in [0.1, 0.15) is 31.2 Å². The van der Waals surface area contributed by atoms with E-state index < -0.39 is 0 Å². The van der Waals surface area contributed by atoms with Crippen LogP contribution in [0.4, 0.5) is 0 Å². The Labute approximate surface area is 125 Å². The Hall–Kier alpha value is -1.40. The van der Waals surface area contributed by atoms with Crippen LogP contribution in [-0.4, -0.2) is 69.4 Å². The molecule has 0 radical (unpaired) electrons. The first-order valence-corrected chi connectivity index (χ1v) is 7.77. The van der Waals surface area contributed by atoms with Crippen molar-refractivity contribution >= 4 is 5.91 Å². The van der Waals surface area contributed by atoms with Crippen LogP contribution < -0.4 is 0 Å². The van der Waals surface area contributed by atoms with Crippen LogP contribution >= 0.6 is 0 Å². The predicted octanol–water partition coefficient (Wildman–Crippen LogP) is 0.0677. The molecular formula is C15H24N4O2. The highest BCUT2D eigenvalue weighted by Gasteiger charge is 2.26. The Kier molecular flexibility index (Phi) is 3.99.